The third-order valence-electron chi connectivity index (χ3n) is 5.42. The standard InChI is InChI=1S/C23H23N7O2/c1-14(2)30-12-16(11-28-30)10-25-22(31)20-8-21(27-13-26-20)23(32)29-19-6-4-17-7-15(9-24)3-5-18(17)19/h3,5,7-8,11-14,19H,4,6,10H2,1-2H3,(H,25,31)(H,29,32)/t19-/m0/s1. The molecule has 0 fully saturated rings. The van der Waals surface area contributed by atoms with E-state index in [1.54, 1.807) is 12.3 Å². The fourth-order valence-electron chi connectivity index (χ4n) is 3.70. The predicted molar refractivity (Wildman–Crippen MR) is 115 cm³/mol. The predicted octanol–water partition coefficient (Wildman–Crippen LogP) is 2.47. The molecule has 162 valence electrons. The maximum absolute atomic E-state index is 12.8. The van der Waals surface area contributed by atoms with Crippen LogP contribution in [-0.2, 0) is 13.0 Å². The number of benzene rings is 1. The lowest BCUT2D eigenvalue weighted by molar-refractivity contribution is 0.0931. The van der Waals surface area contributed by atoms with E-state index >= 15 is 0 Å². The van der Waals surface area contributed by atoms with Gasteiger partial charge in [0.05, 0.1) is 23.9 Å². The summed E-state index contributed by atoms with van der Waals surface area (Å²) in [6.07, 6.45) is 6.34. The van der Waals surface area contributed by atoms with Gasteiger partial charge in [-0.2, -0.15) is 10.4 Å². The van der Waals surface area contributed by atoms with Crippen molar-refractivity contribution < 1.29 is 9.59 Å². The van der Waals surface area contributed by atoms with Gasteiger partial charge in [-0.3, -0.25) is 14.3 Å². The highest BCUT2D eigenvalue weighted by molar-refractivity contribution is 5.97. The molecule has 1 atom stereocenters. The largest absolute Gasteiger partial charge is 0.347 e. The summed E-state index contributed by atoms with van der Waals surface area (Å²) in [6.45, 7) is 4.35. The minimum Gasteiger partial charge on any atom is -0.347 e. The molecule has 4 rings (SSSR count). The van der Waals surface area contributed by atoms with Gasteiger partial charge in [0.15, 0.2) is 0 Å². The molecular formula is C23H23N7O2. The van der Waals surface area contributed by atoms with Crippen molar-refractivity contribution in [2.45, 2.75) is 45.3 Å². The highest BCUT2D eigenvalue weighted by Crippen LogP contribution is 2.31. The molecule has 0 radical (unpaired) electrons. The molecule has 9 heteroatoms. The molecule has 0 aliphatic heterocycles. The minimum atomic E-state index is -0.394. The molecule has 2 heterocycles. The Labute approximate surface area is 185 Å². The van der Waals surface area contributed by atoms with Crippen molar-refractivity contribution in [1.82, 2.24) is 30.4 Å². The minimum absolute atomic E-state index is 0.117. The van der Waals surface area contributed by atoms with E-state index in [0.29, 0.717) is 12.1 Å². The molecule has 2 amide bonds. The third-order valence-corrected chi connectivity index (χ3v) is 5.42. The fourth-order valence-corrected chi connectivity index (χ4v) is 3.70. The Morgan fingerprint density at radius 1 is 1.22 bits per heavy atom. The second kappa shape index (κ2) is 8.98. The summed E-state index contributed by atoms with van der Waals surface area (Å²) in [7, 11) is 0. The zero-order valence-corrected chi connectivity index (χ0v) is 17.9. The third kappa shape index (κ3) is 4.49. The first kappa shape index (κ1) is 21.2. The fraction of sp³-hybridized carbons (Fsp3) is 0.304. The summed E-state index contributed by atoms with van der Waals surface area (Å²) in [6, 6.07) is 9.09. The second-order valence-corrected chi connectivity index (χ2v) is 7.98. The van der Waals surface area contributed by atoms with Crippen LogP contribution < -0.4 is 10.6 Å². The summed E-state index contributed by atoms with van der Waals surface area (Å²) in [5, 5.41) is 19.1. The van der Waals surface area contributed by atoms with Crippen LogP contribution in [0.5, 0.6) is 0 Å². The van der Waals surface area contributed by atoms with E-state index in [1.807, 2.05) is 36.9 Å². The van der Waals surface area contributed by atoms with Crippen LogP contribution in [-0.4, -0.2) is 31.6 Å². The van der Waals surface area contributed by atoms with Crippen LogP contribution in [0.1, 0.15) is 75.6 Å². The average Bonchev–Trinajstić information content (AvgIpc) is 3.44. The first-order valence-corrected chi connectivity index (χ1v) is 10.4. The number of aryl methyl sites for hydroxylation is 1. The van der Waals surface area contributed by atoms with E-state index in [0.717, 1.165) is 29.5 Å². The number of nitrogens with zero attached hydrogens (tertiary/aromatic N) is 5. The molecule has 9 nitrogen and oxygen atoms in total. The van der Waals surface area contributed by atoms with Crippen molar-refractivity contribution in [1.29, 1.82) is 5.26 Å². The number of aromatic nitrogens is 4. The molecule has 0 unspecified atom stereocenters. The van der Waals surface area contributed by atoms with Gasteiger partial charge in [0, 0.05) is 30.4 Å². The van der Waals surface area contributed by atoms with E-state index < -0.39 is 5.91 Å². The van der Waals surface area contributed by atoms with Crippen LogP contribution in [0.4, 0.5) is 0 Å². The number of rotatable bonds is 6. The van der Waals surface area contributed by atoms with Gasteiger partial charge in [-0.1, -0.05) is 6.07 Å². The van der Waals surface area contributed by atoms with Gasteiger partial charge < -0.3 is 10.6 Å². The van der Waals surface area contributed by atoms with Gasteiger partial charge in [-0.05, 0) is 49.9 Å². The van der Waals surface area contributed by atoms with Gasteiger partial charge in [0.2, 0.25) is 0 Å². The van der Waals surface area contributed by atoms with Crippen molar-refractivity contribution in [3.05, 3.63) is 76.6 Å². The van der Waals surface area contributed by atoms with Crippen molar-refractivity contribution >= 4 is 11.8 Å². The van der Waals surface area contributed by atoms with Crippen LogP contribution in [0.25, 0.3) is 0 Å². The number of fused-ring (bicyclic) bond motifs is 1. The first-order chi connectivity index (χ1) is 15.4. The highest BCUT2D eigenvalue weighted by atomic mass is 16.2. The Morgan fingerprint density at radius 3 is 2.72 bits per heavy atom. The molecular weight excluding hydrogens is 406 g/mol. The zero-order valence-electron chi connectivity index (χ0n) is 17.9. The topological polar surface area (TPSA) is 126 Å². The maximum Gasteiger partial charge on any atom is 0.270 e. The quantitative estimate of drug-likeness (QED) is 0.620. The first-order valence-electron chi connectivity index (χ1n) is 10.4. The van der Waals surface area contributed by atoms with Crippen LogP contribution >= 0.6 is 0 Å². The molecule has 2 N–H and O–H groups in total. The normalized spacial score (nSPS) is 14.6. The van der Waals surface area contributed by atoms with Gasteiger partial charge in [0.25, 0.3) is 11.8 Å². The number of nitrogens with one attached hydrogen (secondary N) is 2. The number of hydrogen-bond donors (Lipinski definition) is 2. The Morgan fingerprint density at radius 2 is 2.00 bits per heavy atom. The van der Waals surface area contributed by atoms with E-state index in [9.17, 15) is 9.59 Å². The molecule has 32 heavy (non-hydrogen) atoms. The summed E-state index contributed by atoms with van der Waals surface area (Å²) in [5.74, 6) is -0.768. The second-order valence-electron chi connectivity index (χ2n) is 7.98. The summed E-state index contributed by atoms with van der Waals surface area (Å²) in [5.41, 5.74) is 3.80. The van der Waals surface area contributed by atoms with Gasteiger partial charge in [0.1, 0.15) is 17.7 Å². The smallest absolute Gasteiger partial charge is 0.270 e. The molecule has 1 aliphatic carbocycles. The SMILES string of the molecule is CC(C)n1cc(CNC(=O)c2cc(C(=O)N[C@H]3CCc4cc(C#N)ccc43)ncn2)cn1. The lowest BCUT2D eigenvalue weighted by Gasteiger charge is -2.14. The average molecular weight is 429 g/mol. The van der Waals surface area contributed by atoms with Crippen LogP contribution in [0.3, 0.4) is 0 Å². The molecule has 0 saturated heterocycles. The van der Waals surface area contributed by atoms with Crippen LogP contribution in [0, 0.1) is 11.3 Å². The number of carbonyl (C=O) groups excluding carboxylic acids is 2. The number of nitriles is 1. The zero-order chi connectivity index (χ0) is 22.7. The van der Waals surface area contributed by atoms with Crippen LogP contribution in [0.2, 0.25) is 0 Å². The summed E-state index contributed by atoms with van der Waals surface area (Å²) >= 11 is 0. The van der Waals surface area contributed by atoms with E-state index in [1.165, 1.54) is 12.4 Å². The number of amides is 2. The number of hydrogen-bond acceptors (Lipinski definition) is 6. The van der Waals surface area contributed by atoms with Crippen molar-refractivity contribution in [3.63, 3.8) is 0 Å². The maximum atomic E-state index is 12.8. The van der Waals surface area contributed by atoms with Crippen molar-refractivity contribution in [2.75, 3.05) is 0 Å². The molecule has 0 saturated carbocycles. The molecule has 1 aliphatic rings. The summed E-state index contributed by atoms with van der Waals surface area (Å²) < 4.78 is 1.82. The Balaban J connectivity index is 1.40. The molecule has 3 aromatic rings. The molecule has 1 aromatic carbocycles. The van der Waals surface area contributed by atoms with Crippen molar-refractivity contribution in [3.8, 4) is 6.07 Å². The van der Waals surface area contributed by atoms with Crippen molar-refractivity contribution in [2.24, 2.45) is 0 Å². The molecule has 0 bridgehead atoms. The van der Waals surface area contributed by atoms with E-state index in [4.69, 9.17) is 5.26 Å². The molecule has 0 spiro atoms. The number of carbonyl (C=O) groups is 2. The Hall–Kier alpha value is -4.06. The van der Waals surface area contributed by atoms with Gasteiger partial charge in [-0.15, -0.1) is 0 Å². The Bertz CT molecular complexity index is 1210. The highest BCUT2D eigenvalue weighted by Gasteiger charge is 2.25. The summed E-state index contributed by atoms with van der Waals surface area (Å²) in [4.78, 5) is 33.3. The lowest BCUT2D eigenvalue weighted by Crippen LogP contribution is -2.29. The van der Waals surface area contributed by atoms with E-state index in [-0.39, 0.29) is 29.4 Å². The van der Waals surface area contributed by atoms with E-state index in [2.05, 4.69) is 31.8 Å². The van der Waals surface area contributed by atoms with Gasteiger partial charge in [-0.25, -0.2) is 9.97 Å². The van der Waals surface area contributed by atoms with Gasteiger partial charge >= 0.3 is 0 Å². The lowest BCUT2D eigenvalue weighted by atomic mass is 10.1. The Kier molecular flexibility index (Phi) is 5.94. The molecule has 2 aromatic heterocycles. The van der Waals surface area contributed by atoms with Crippen LogP contribution in [0.15, 0.2) is 43.0 Å². The monoisotopic (exact) mass is 429 g/mol.